The molecule has 1 saturated heterocycles. The summed E-state index contributed by atoms with van der Waals surface area (Å²) in [5.41, 5.74) is 0. The first-order valence-electron chi connectivity index (χ1n) is 7.07. The minimum atomic E-state index is 0.241. The van der Waals surface area contributed by atoms with Gasteiger partial charge in [0.05, 0.1) is 12.2 Å². The summed E-state index contributed by atoms with van der Waals surface area (Å²) < 4.78 is 5.82. The summed E-state index contributed by atoms with van der Waals surface area (Å²) >= 11 is 0. The number of aromatic nitrogens is 1. The predicted molar refractivity (Wildman–Crippen MR) is 72.5 cm³/mol. The summed E-state index contributed by atoms with van der Waals surface area (Å²) in [4.78, 5) is 6.93. The molecule has 102 valence electrons. The zero-order chi connectivity index (χ0) is 13.0. The van der Waals surface area contributed by atoms with Gasteiger partial charge < -0.3 is 14.6 Å². The van der Waals surface area contributed by atoms with Crippen LogP contribution in [0.2, 0.25) is 0 Å². The summed E-state index contributed by atoms with van der Waals surface area (Å²) in [7, 11) is 1.94. The van der Waals surface area contributed by atoms with Crippen molar-refractivity contribution in [3.8, 4) is 0 Å². The molecule has 0 amide bonds. The average molecular weight is 251 g/mol. The molecule has 1 N–H and O–H groups in total. The zero-order valence-electron chi connectivity index (χ0n) is 11.8. The molecule has 4 nitrogen and oxygen atoms in total. The van der Waals surface area contributed by atoms with Crippen molar-refractivity contribution >= 4 is 0 Å². The third kappa shape index (κ3) is 3.33. The maximum absolute atomic E-state index is 5.82. The van der Waals surface area contributed by atoms with Gasteiger partial charge in [-0.3, -0.25) is 0 Å². The van der Waals surface area contributed by atoms with Gasteiger partial charge in [0.15, 0.2) is 5.89 Å². The van der Waals surface area contributed by atoms with Crippen molar-refractivity contribution in [1.82, 2.24) is 15.2 Å². The molecule has 2 atom stereocenters. The first kappa shape index (κ1) is 13.6. The van der Waals surface area contributed by atoms with E-state index in [1.54, 1.807) is 0 Å². The van der Waals surface area contributed by atoms with Crippen LogP contribution in [-0.4, -0.2) is 36.6 Å². The largest absolute Gasteiger partial charge is 0.444 e. The lowest BCUT2D eigenvalue weighted by Gasteiger charge is -2.31. The molecule has 4 heteroatoms. The Morgan fingerprint density at radius 1 is 1.61 bits per heavy atom. The van der Waals surface area contributed by atoms with Crippen molar-refractivity contribution in [2.45, 2.75) is 39.2 Å². The molecule has 1 fully saturated rings. The first-order valence-corrected chi connectivity index (χ1v) is 7.07. The van der Waals surface area contributed by atoms with Gasteiger partial charge in [0, 0.05) is 13.0 Å². The lowest BCUT2D eigenvalue weighted by Crippen LogP contribution is -2.35. The molecule has 0 spiro atoms. The van der Waals surface area contributed by atoms with Crippen LogP contribution in [0.3, 0.4) is 0 Å². The molecule has 0 aliphatic carbocycles. The second-order valence-electron chi connectivity index (χ2n) is 5.27. The highest BCUT2D eigenvalue weighted by Gasteiger charge is 2.21. The number of rotatable bonds is 5. The molecule has 0 saturated carbocycles. The maximum atomic E-state index is 5.82. The van der Waals surface area contributed by atoms with E-state index in [4.69, 9.17) is 4.42 Å². The van der Waals surface area contributed by atoms with Crippen LogP contribution >= 0.6 is 0 Å². The topological polar surface area (TPSA) is 41.3 Å². The van der Waals surface area contributed by atoms with E-state index in [-0.39, 0.29) is 6.04 Å². The Kier molecular flexibility index (Phi) is 4.78. The molecule has 2 heterocycles. The van der Waals surface area contributed by atoms with Crippen LogP contribution in [0, 0.1) is 5.92 Å². The van der Waals surface area contributed by atoms with Gasteiger partial charge in [0.1, 0.15) is 5.76 Å². The molecule has 1 aromatic heterocycles. The van der Waals surface area contributed by atoms with Crippen LogP contribution in [0.5, 0.6) is 0 Å². The van der Waals surface area contributed by atoms with Crippen LogP contribution in [0.4, 0.5) is 0 Å². The number of nitrogens with one attached hydrogen (secondary N) is 1. The Bertz CT molecular complexity index is 364. The van der Waals surface area contributed by atoms with Crippen molar-refractivity contribution in [1.29, 1.82) is 0 Å². The van der Waals surface area contributed by atoms with E-state index in [0.29, 0.717) is 5.92 Å². The maximum Gasteiger partial charge on any atom is 0.194 e. The molecule has 2 rings (SSSR count). The Morgan fingerprint density at radius 2 is 2.44 bits per heavy atom. The zero-order valence-corrected chi connectivity index (χ0v) is 11.8. The van der Waals surface area contributed by atoms with Gasteiger partial charge in [0.25, 0.3) is 0 Å². The number of piperidine rings is 1. The minimum Gasteiger partial charge on any atom is -0.444 e. The van der Waals surface area contributed by atoms with Crippen molar-refractivity contribution < 1.29 is 4.42 Å². The standard InChI is InChI=1S/C14H25N3O/c1-4-17-7-5-6-12(10-17)8-14-16-9-13(18-14)11(2)15-3/h9,11-12,15H,4-8,10H2,1-3H3. The fourth-order valence-corrected chi connectivity index (χ4v) is 2.61. The van der Waals surface area contributed by atoms with Crippen molar-refractivity contribution in [3.63, 3.8) is 0 Å². The third-order valence-electron chi connectivity index (χ3n) is 3.94. The van der Waals surface area contributed by atoms with Gasteiger partial charge >= 0.3 is 0 Å². The van der Waals surface area contributed by atoms with E-state index >= 15 is 0 Å². The fraction of sp³-hybridized carbons (Fsp3) is 0.786. The molecular weight excluding hydrogens is 226 g/mol. The van der Waals surface area contributed by atoms with Gasteiger partial charge in [-0.05, 0) is 45.8 Å². The van der Waals surface area contributed by atoms with Gasteiger partial charge in [-0.1, -0.05) is 6.92 Å². The van der Waals surface area contributed by atoms with Gasteiger partial charge in [-0.15, -0.1) is 0 Å². The van der Waals surface area contributed by atoms with Crippen molar-refractivity contribution in [2.24, 2.45) is 5.92 Å². The SMILES string of the molecule is CCN1CCCC(Cc2ncc(C(C)NC)o2)C1. The van der Waals surface area contributed by atoms with E-state index in [9.17, 15) is 0 Å². The Labute approximate surface area is 110 Å². The van der Waals surface area contributed by atoms with Gasteiger partial charge in [-0.2, -0.15) is 0 Å². The molecule has 1 aliphatic rings. The van der Waals surface area contributed by atoms with Crippen LogP contribution in [0.15, 0.2) is 10.6 Å². The third-order valence-corrected chi connectivity index (χ3v) is 3.94. The lowest BCUT2D eigenvalue weighted by atomic mass is 9.95. The first-order chi connectivity index (χ1) is 8.72. The number of oxazole rings is 1. The quantitative estimate of drug-likeness (QED) is 0.871. The molecule has 2 unspecified atom stereocenters. The summed E-state index contributed by atoms with van der Waals surface area (Å²) in [6, 6.07) is 0.241. The number of hydrogen-bond acceptors (Lipinski definition) is 4. The minimum absolute atomic E-state index is 0.241. The highest BCUT2D eigenvalue weighted by molar-refractivity contribution is 5.00. The molecule has 18 heavy (non-hydrogen) atoms. The number of hydrogen-bond donors (Lipinski definition) is 1. The fourth-order valence-electron chi connectivity index (χ4n) is 2.61. The summed E-state index contributed by atoms with van der Waals surface area (Å²) in [6.07, 6.45) is 5.44. The van der Waals surface area contributed by atoms with E-state index in [2.05, 4.69) is 29.0 Å². The van der Waals surface area contributed by atoms with Crippen LogP contribution in [-0.2, 0) is 6.42 Å². The highest BCUT2D eigenvalue weighted by atomic mass is 16.4. The Morgan fingerprint density at radius 3 is 3.17 bits per heavy atom. The summed E-state index contributed by atoms with van der Waals surface area (Å²) in [5.74, 6) is 2.54. The summed E-state index contributed by atoms with van der Waals surface area (Å²) in [5, 5.41) is 3.17. The van der Waals surface area contributed by atoms with Crippen molar-refractivity contribution in [2.75, 3.05) is 26.7 Å². The number of nitrogens with zero attached hydrogens (tertiary/aromatic N) is 2. The average Bonchev–Trinajstić information content (AvgIpc) is 2.86. The molecule has 0 aromatic carbocycles. The van der Waals surface area contributed by atoms with E-state index < -0.39 is 0 Å². The number of likely N-dealkylation sites (tertiary alicyclic amines) is 1. The lowest BCUT2D eigenvalue weighted by molar-refractivity contribution is 0.176. The highest BCUT2D eigenvalue weighted by Crippen LogP contribution is 2.22. The monoisotopic (exact) mass is 251 g/mol. The Hall–Kier alpha value is -0.870. The van der Waals surface area contributed by atoms with E-state index in [0.717, 1.165) is 24.6 Å². The van der Waals surface area contributed by atoms with E-state index in [1.807, 2.05) is 13.2 Å². The second-order valence-corrected chi connectivity index (χ2v) is 5.27. The predicted octanol–water partition coefficient (Wildman–Crippen LogP) is 2.23. The van der Waals surface area contributed by atoms with Crippen LogP contribution < -0.4 is 5.32 Å². The van der Waals surface area contributed by atoms with Crippen LogP contribution in [0.1, 0.15) is 44.4 Å². The second kappa shape index (κ2) is 6.34. The molecule has 0 radical (unpaired) electrons. The molecular formula is C14H25N3O. The van der Waals surface area contributed by atoms with Gasteiger partial charge in [-0.25, -0.2) is 4.98 Å². The normalized spacial score (nSPS) is 23.2. The van der Waals surface area contributed by atoms with Gasteiger partial charge in [0.2, 0.25) is 0 Å². The Balaban J connectivity index is 1.90. The van der Waals surface area contributed by atoms with Crippen molar-refractivity contribution in [3.05, 3.63) is 17.8 Å². The van der Waals surface area contributed by atoms with Crippen LogP contribution in [0.25, 0.3) is 0 Å². The van der Waals surface area contributed by atoms with E-state index in [1.165, 1.54) is 25.9 Å². The molecule has 0 bridgehead atoms. The summed E-state index contributed by atoms with van der Waals surface area (Å²) in [6.45, 7) is 7.92. The molecule has 1 aromatic rings. The molecule has 1 aliphatic heterocycles. The smallest absolute Gasteiger partial charge is 0.194 e.